The van der Waals surface area contributed by atoms with Crippen molar-refractivity contribution >= 4 is 28.4 Å². The molecule has 0 unspecified atom stereocenters. The molecule has 1 rings (SSSR count). The maximum Gasteiger partial charge on any atom is 0.255 e. The number of hydrogen-bond acceptors (Lipinski definition) is 3. The van der Waals surface area contributed by atoms with Gasteiger partial charge in [0.1, 0.15) is 16.9 Å². The number of nitrogens with zero attached hydrogens (tertiary/aromatic N) is 2. The van der Waals surface area contributed by atoms with Gasteiger partial charge in [0.05, 0.1) is 5.56 Å². The van der Waals surface area contributed by atoms with Crippen molar-refractivity contribution in [1.29, 1.82) is 5.26 Å². The van der Waals surface area contributed by atoms with Gasteiger partial charge in [0, 0.05) is 0 Å². The first kappa shape index (κ1) is 8.98. The zero-order valence-corrected chi connectivity index (χ0v) is 7.23. The van der Waals surface area contributed by atoms with Crippen molar-refractivity contribution in [2.45, 2.75) is 0 Å². The molecule has 0 aliphatic heterocycles. The van der Waals surface area contributed by atoms with Crippen molar-refractivity contribution in [3.05, 3.63) is 28.5 Å². The van der Waals surface area contributed by atoms with Crippen LogP contribution in [0.5, 0.6) is 0 Å². The molecule has 3 nitrogen and oxygen atoms in total. The van der Waals surface area contributed by atoms with E-state index in [0.717, 1.165) is 0 Å². The maximum atomic E-state index is 10.6. The molecule has 0 radical (unpaired) electrons. The molecule has 60 valence electrons. The fourth-order valence-corrected chi connectivity index (χ4v) is 1.08. The van der Waals surface area contributed by atoms with Crippen LogP contribution in [0, 0.1) is 11.3 Å². The average Bonchev–Trinajstić information content (AvgIpc) is 2.03. The van der Waals surface area contributed by atoms with Crippen molar-refractivity contribution in [1.82, 2.24) is 4.98 Å². The van der Waals surface area contributed by atoms with Gasteiger partial charge in [0.2, 0.25) is 0 Å². The van der Waals surface area contributed by atoms with Crippen molar-refractivity contribution in [3.63, 3.8) is 0 Å². The smallest absolute Gasteiger partial charge is 0.255 e. The summed E-state index contributed by atoms with van der Waals surface area (Å²) in [7, 11) is 0. The van der Waals surface area contributed by atoms with E-state index in [1.165, 1.54) is 12.1 Å². The van der Waals surface area contributed by atoms with Crippen LogP contribution in [0.4, 0.5) is 0 Å². The Balaban J connectivity index is 3.23. The minimum atomic E-state index is -0.683. The number of halogens is 2. The van der Waals surface area contributed by atoms with Crippen molar-refractivity contribution in [2.24, 2.45) is 0 Å². The second kappa shape index (κ2) is 3.53. The number of carbonyl (C=O) groups is 1. The molecule has 5 heteroatoms. The highest BCUT2D eigenvalue weighted by atomic mass is 35.5. The fourth-order valence-electron chi connectivity index (χ4n) is 0.643. The van der Waals surface area contributed by atoms with E-state index < -0.39 is 5.24 Å². The molecule has 1 heterocycles. The Morgan fingerprint density at radius 3 is 2.67 bits per heavy atom. The van der Waals surface area contributed by atoms with Crippen LogP contribution in [-0.2, 0) is 0 Å². The van der Waals surface area contributed by atoms with Gasteiger partial charge in [-0.3, -0.25) is 4.79 Å². The maximum absolute atomic E-state index is 10.6. The second-order valence-corrected chi connectivity index (χ2v) is 2.62. The molecule has 1 aromatic rings. The van der Waals surface area contributed by atoms with Crippen LogP contribution >= 0.6 is 23.2 Å². The zero-order chi connectivity index (χ0) is 9.14. The molecular weight excluding hydrogens is 199 g/mol. The molecule has 0 bridgehead atoms. The standard InChI is InChI=1S/C7H2Cl2N2O/c8-6-5(7(9)12)2-1-4(3-10)11-6/h1-2H. The molecule has 0 aliphatic rings. The Morgan fingerprint density at radius 2 is 2.25 bits per heavy atom. The van der Waals surface area contributed by atoms with Crippen molar-refractivity contribution in [3.8, 4) is 6.07 Å². The van der Waals surface area contributed by atoms with Crippen LogP contribution in [0.15, 0.2) is 12.1 Å². The number of nitriles is 1. The van der Waals surface area contributed by atoms with Crippen LogP contribution in [0.2, 0.25) is 5.15 Å². The summed E-state index contributed by atoms with van der Waals surface area (Å²) in [6, 6.07) is 4.52. The summed E-state index contributed by atoms with van der Waals surface area (Å²) >= 11 is 10.7. The lowest BCUT2D eigenvalue weighted by atomic mass is 10.3. The molecule has 0 aromatic carbocycles. The first-order chi connectivity index (χ1) is 5.65. The SMILES string of the molecule is N#Cc1ccc(C(=O)Cl)c(Cl)n1. The third kappa shape index (κ3) is 1.73. The molecule has 0 N–H and O–H groups in total. The van der Waals surface area contributed by atoms with E-state index >= 15 is 0 Å². The molecule has 0 spiro atoms. The van der Waals surface area contributed by atoms with Crippen LogP contribution in [0.1, 0.15) is 16.1 Å². The van der Waals surface area contributed by atoms with Crippen LogP contribution in [0.25, 0.3) is 0 Å². The molecule has 0 atom stereocenters. The summed E-state index contributed by atoms with van der Waals surface area (Å²) in [4.78, 5) is 14.2. The Kier molecular flexibility index (Phi) is 2.64. The first-order valence-electron chi connectivity index (χ1n) is 2.91. The lowest BCUT2D eigenvalue weighted by molar-refractivity contribution is 0.108. The minimum Gasteiger partial charge on any atom is -0.275 e. The Morgan fingerprint density at radius 1 is 1.58 bits per heavy atom. The van der Waals surface area contributed by atoms with Gasteiger partial charge in [-0.1, -0.05) is 11.6 Å². The highest BCUT2D eigenvalue weighted by Gasteiger charge is 2.08. The lowest BCUT2D eigenvalue weighted by Gasteiger charge is -1.95. The normalized spacial score (nSPS) is 9.08. The summed E-state index contributed by atoms with van der Waals surface area (Å²) in [6.07, 6.45) is 0. The van der Waals surface area contributed by atoms with Gasteiger partial charge < -0.3 is 0 Å². The van der Waals surface area contributed by atoms with E-state index in [2.05, 4.69) is 4.98 Å². The number of hydrogen-bond donors (Lipinski definition) is 0. The highest BCUT2D eigenvalue weighted by molar-refractivity contribution is 6.68. The van der Waals surface area contributed by atoms with Crippen LogP contribution in [0.3, 0.4) is 0 Å². The summed E-state index contributed by atoms with van der Waals surface area (Å²) in [5.74, 6) is 0. The first-order valence-corrected chi connectivity index (χ1v) is 3.67. The molecule has 0 saturated heterocycles. The van der Waals surface area contributed by atoms with E-state index in [1.54, 1.807) is 6.07 Å². The van der Waals surface area contributed by atoms with E-state index in [4.69, 9.17) is 28.5 Å². The monoisotopic (exact) mass is 200 g/mol. The lowest BCUT2D eigenvalue weighted by Crippen LogP contribution is -1.94. The number of rotatable bonds is 1. The average molecular weight is 201 g/mol. The topological polar surface area (TPSA) is 53.8 Å². The summed E-state index contributed by atoms with van der Waals surface area (Å²) in [5.41, 5.74) is 0.263. The van der Waals surface area contributed by atoms with Gasteiger partial charge in [0.25, 0.3) is 5.24 Å². The van der Waals surface area contributed by atoms with E-state index in [0.29, 0.717) is 0 Å². The van der Waals surface area contributed by atoms with Gasteiger partial charge >= 0.3 is 0 Å². The van der Waals surface area contributed by atoms with Gasteiger partial charge in [-0.05, 0) is 23.7 Å². The Hall–Kier alpha value is -1.11. The van der Waals surface area contributed by atoms with Gasteiger partial charge in [-0.25, -0.2) is 4.98 Å². The van der Waals surface area contributed by atoms with E-state index in [1.807, 2.05) is 0 Å². The number of carbonyl (C=O) groups excluding carboxylic acids is 1. The number of pyridine rings is 1. The van der Waals surface area contributed by atoms with E-state index in [9.17, 15) is 4.79 Å². The summed E-state index contributed by atoms with van der Waals surface area (Å²) in [6.45, 7) is 0. The number of aromatic nitrogens is 1. The molecular formula is C7H2Cl2N2O. The summed E-state index contributed by atoms with van der Waals surface area (Å²) < 4.78 is 0. The molecule has 0 amide bonds. The van der Waals surface area contributed by atoms with Gasteiger partial charge in [0.15, 0.2) is 0 Å². The molecule has 12 heavy (non-hydrogen) atoms. The van der Waals surface area contributed by atoms with Gasteiger partial charge in [-0.2, -0.15) is 5.26 Å². The second-order valence-electron chi connectivity index (χ2n) is 1.92. The van der Waals surface area contributed by atoms with Gasteiger partial charge in [-0.15, -0.1) is 0 Å². The Bertz CT molecular complexity index is 370. The third-order valence-electron chi connectivity index (χ3n) is 1.18. The quantitative estimate of drug-likeness (QED) is 0.515. The molecule has 0 saturated carbocycles. The predicted molar refractivity (Wildman–Crippen MR) is 44.1 cm³/mol. The largest absolute Gasteiger partial charge is 0.275 e. The molecule has 0 aliphatic carbocycles. The Labute approximate surface area is 78.5 Å². The third-order valence-corrected chi connectivity index (χ3v) is 1.67. The van der Waals surface area contributed by atoms with Crippen LogP contribution in [-0.4, -0.2) is 10.2 Å². The zero-order valence-electron chi connectivity index (χ0n) is 5.71. The minimum absolute atomic E-state index is 0.0472. The van der Waals surface area contributed by atoms with Crippen LogP contribution < -0.4 is 0 Å². The van der Waals surface area contributed by atoms with Crippen molar-refractivity contribution in [2.75, 3.05) is 0 Å². The predicted octanol–water partition coefficient (Wildman–Crippen LogP) is 1.99. The summed E-state index contributed by atoms with van der Waals surface area (Å²) in [5, 5.41) is 7.67. The highest BCUT2D eigenvalue weighted by Crippen LogP contribution is 2.15. The van der Waals surface area contributed by atoms with E-state index in [-0.39, 0.29) is 16.4 Å². The molecule has 0 fully saturated rings. The molecule has 1 aromatic heterocycles. The van der Waals surface area contributed by atoms with Crippen molar-refractivity contribution < 1.29 is 4.79 Å². The fraction of sp³-hybridized carbons (Fsp3) is 0.